The third-order valence-electron chi connectivity index (χ3n) is 4.98. The highest BCUT2D eigenvalue weighted by Gasteiger charge is 2.25. The third-order valence-corrected chi connectivity index (χ3v) is 4.98. The molecule has 0 atom stereocenters. The molecule has 2 heterocycles. The number of hydrogen-bond donors (Lipinski definition) is 1. The second-order valence-electron chi connectivity index (χ2n) is 6.96. The lowest BCUT2D eigenvalue weighted by atomic mass is 10.1. The van der Waals surface area contributed by atoms with E-state index in [-0.39, 0.29) is 34.8 Å². The van der Waals surface area contributed by atoms with Gasteiger partial charge in [-0.15, -0.1) is 0 Å². The Bertz CT molecular complexity index is 1420. The summed E-state index contributed by atoms with van der Waals surface area (Å²) in [7, 11) is 0. The number of primary amides is 1. The Labute approximate surface area is 179 Å². The molecule has 0 aliphatic carbocycles. The van der Waals surface area contributed by atoms with E-state index in [2.05, 4.69) is 9.97 Å². The van der Waals surface area contributed by atoms with Crippen LogP contribution in [0.15, 0.2) is 53.3 Å². The quantitative estimate of drug-likeness (QED) is 0.466. The zero-order valence-electron chi connectivity index (χ0n) is 16.9. The zero-order valence-corrected chi connectivity index (χ0v) is 16.9. The number of carbonyl (C=O) groups excluding carboxylic acids is 2. The summed E-state index contributed by atoms with van der Waals surface area (Å²) < 4.78 is 29.6. The van der Waals surface area contributed by atoms with Crippen LogP contribution in [0.3, 0.4) is 0 Å². The Morgan fingerprint density at radius 2 is 1.69 bits per heavy atom. The second-order valence-corrected chi connectivity index (χ2v) is 6.96. The van der Waals surface area contributed by atoms with Gasteiger partial charge >= 0.3 is 5.69 Å². The van der Waals surface area contributed by atoms with Gasteiger partial charge in [-0.2, -0.15) is 0 Å². The van der Waals surface area contributed by atoms with Crippen LogP contribution in [0.1, 0.15) is 27.8 Å². The molecule has 0 saturated heterocycles. The van der Waals surface area contributed by atoms with E-state index in [1.807, 2.05) is 0 Å². The number of hydrogen-bond acceptors (Lipinski definition) is 5. The van der Waals surface area contributed by atoms with Gasteiger partial charge in [0.05, 0.1) is 12.1 Å². The molecule has 32 heavy (non-hydrogen) atoms. The SMILES string of the molecule is CCn1c(=O)n(CC(=O)c2ccccc2F)c2c(C(N)=O)nc(-c3ccc(F)cc3)nc21. The Morgan fingerprint density at radius 1 is 1.00 bits per heavy atom. The summed E-state index contributed by atoms with van der Waals surface area (Å²) in [5, 5.41) is 0. The van der Waals surface area contributed by atoms with E-state index in [1.54, 1.807) is 6.92 Å². The molecule has 4 aromatic rings. The number of amides is 1. The molecule has 1 amide bonds. The van der Waals surface area contributed by atoms with E-state index in [4.69, 9.17) is 5.73 Å². The maximum absolute atomic E-state index is 14.1. The first-order chi connectivity index (χ1) is 15.3. The zero-order chi connectivity index (χ0) is 23.0. The monoisotopic (exact) mass is 437 g/mol. The molecule has 0 aliphatic rings. The van der Waals surface area contributed by atoms with Crippen molar-refractivity contribution in [3.63, 3.8) is 0 Å². The molecular formula is C22H17F2N5O3. The number of ketones is 1. The molecule has 10 heteroatoms. The fraction of sp³-hybridized carbons (Fsp3) is 0.136. The van der Waals surface area contributed by atoms with Crippen molar-refractivity contribution in [3.05, 3.63) is 81.9 Å². The molecule has 162 valence electrons. The number of aromatic nitrogens is 4. The van der Waals surface area contributed by atoms with Gasteiger partial charge in [-0.3, -0.25) is 18.7 Å². The summed E-state index contributed by atoms with van der Waals surface area (Å²) >= 11 is 0. The Morgan fingerprint density at radius 3 is 2.31 bits per heavy atom. The number of nitrogens with two attached hydrogens (primary N) is 1. The molecule has 0 fully saturated rings. The van der Waals surface area contributed by atoms with E-state index in [9.17, 15) is 23.2 Å². The molecule has 2 aromatic carbocycles. The van der Waals surface area contributed by atoms with E-state index in [1.165, 1.54) is 47.0 Å². The Balaban J connectivity index is 1.94. The predicted molar refractivity (Wildman–Crippen MR) is 112 cm³/mol. The Kier molecular flexibility index (Phi) is 5.35. The number of nitrogens with zero attached hydrogens (tertiary/aromatic N) is 4. The summed E-state index contributed by atoms with van der Waals surface area (Å²) in [5.41, 5.74) is 4.89. The van der Waals surface area contributed by atoms with Crippen LogP contribution in [0.4, 0.5) is 8.78 Å². The number of imidazole rings is 1. The van der Waals surface area contributed by atoms with Crippen molar-refractivity contribution in [2.75, 3.05) is 0 Å². The second kappa shape index (κ2) is 8.14. The molecule has 0 aliphatic heterocycles. The van der Waals surface area contributed by atoms with Gasteiger partial charge in [0, 0.05) is 12.1 Å². The predicted octanol–water partition coefficient (Wildman–Crippen LogP) is 2.54. The molecule has 4 rings (SSSR count). The lowest BCUT2D eigenvalue weighted by molar-refractivity contribution is 0.0962. The molecular weight excluding hydrogens is 420 g/mol. The average molecular weight is 437 g/mol. The van der Waals surface area contributed by atoms with Crippen molar-refractivity contribution in [1.29, 1.82) is 0 Å². The molecule has 8 nitrogen and oxygen atoms in total. The first-order valence-electron chi connectivity index (χ1n) is 9.66. The molecule has 2 aromatic heterocycles. The van der Waals surface area contributed by atoms with Gasteiger partial charge in [-0.1, -0.05) is 12.1 Å². The van der Waals surface area contributed by atoms with Crippen molar-refractivity contribution in [2.24, 2.45) is 5.73 Å². The van der Waals surface area contributed by atoms with Crippen LogP contribution in [-0.2, 0) is 13.1 Å². The van der Waals surface area contributed by atoms with Gasteiger partial charge < -0.3 is 5.73 Å². The summed E-state index contributed by atoms with van der Waals surface area (Å²) in [5.74, 6) is -2.74. The van der Waals surface area contributed by atoms with Gasteiger partial charge in [0.15, 0.2) is 22.9 Å². The number of Topliss-reactive ketones (excluding diaryl/α,β-unsaturated/α-hetero) is 1. The maximum Gasteiger partial charge on any atom is 0.330 e. The largest absolute Gasteiger partial charge is 0.364 e. The van der Waals surface area contributed by atoms with Crippen LogP contribution in [0, 0.1) is 11.6 Å². The summed E-state index contributed by atoms with van der Waals surface area (Å²) in [6.45, 7) is 1.32. The minimum absolute atomic E-state index is 0.0279. The van der Waals surface area contributed by atoms with Gasteiger partial charge in [-0.25, -0.2) is 23.5 Å². The highest BCUT2D eigenvalue weighted by atomic mass is 19.1. The Hall–Kier alpha value is -4.21. The summed E-state index contributed by atoms with van der Waals surface area (Å²) in [6.07, 6.45) is 0. The normalized spacial score (nSPS) is 11.1. The number of carbonyl (C=O) groups is 2. The van der Waals surface area contributed by atoms with Crippen LogP contribution >= 0.6 is 0 Å². The number of benzene rings is 2. The van der Waals surface area contributed by atoms with E-state index in [0.717, 1.165) is 10.6 Å². The van der Waals surface area contributed by atoms with E-state index >= 15 is 0 Å². The number of fused-ring (bicyclic) bond motifs is 1. The molecule has 0 radical (unpaired) electrons. The maximum atomic E-state index is 14.1. The van der Waals surface area contributed by atoms with Gasteiger partial charge in [0.1, 0.15) is 17.2 Å². The fourth-order valence-electron chi connectivity index (χ4n) is 3.46. The minimum Gasteiger partial charge on any atom is -0.364 e. The van der Waals surface area contributed by atoms with Crippen LogP contribution in [0.25, 0.3) is 22.6 Å². The molecule has 0 saturated carbocycles. The average Bonchev–Trinajstić information content (AvgIpc) is 3.04. The van der Waals surface area contributed by atoms with Crippen molar-refractivity contribution >= 4 is 22.9 Å². The van der Waals surface area contributed by atoms with E-state index < -0.39 is 35.6 Å². The number of halogens is 2. The van der Waals surface area contributed by atoms with Crippen molar-refractivity contribution in [2.45, 2.75) is 20.0 Å². The molecule has 0 spiro atoms. The highest BCUT2D eigenvalue weighted by Crippen LogP contribution is 2.22. The van der Waals surface area contributed by atoms with Gasteiger partial charge in [0.2, 0.25) is 0 Å². The number of rotatable bonds is 6. The molecule has 2 N–H and O–H groups in total. The van der Waals surface area contributed by atoms with E-state index in [0.29, 0.717) is 5.56 Å². The number of aryl methyl sites for hydroxylation is 1. The standard InChI is InChI=1S/C22H17F2N5O3/c1-2-28-21-18(29(22(28)32)11-16(30)14-5-3-4-6-15(14)24)17(19(25)31)26-20(27-21)12-7-9-13(23)10-8-12/h3-10H,2,11H2,1H3,(H2,25,31). The lowest BCUT2D eigenvalue weighted by Gasteiger charge is -2.08. The van der Waals surface area contributed by atoms with Crippen LogP contribution in [0.5, 0.6) is 0 Å². The van der Waals surface area contributed by atoms with Crippen LogP contribution in [0.2, 0.25) is 0 Å². The van der Waals surface area contributed by atoms with Crippen molar-refractivity contribution in [3.8, 4) is 11.4 Å². The fourth-order valence-corrected chi connectivity index (χ4v) is 3.46. The third kappa shape index (κ3) is 3.55. The molecule has 0 bridgehead atoms. The topological polar surface area (TPSA) is 113 Å². The van der Waals surface area contributed by atoms with Gasteiger partial charge in [0.25, 0.3) is 5.91 Å². The van der Waals surface area contributed by atoms with Crippen molar-refractivity contribution in [1.82, 2.24) is 19.1 Å². The first kappa shape index (κ1) is 21.0. The first-order valence-corrected chi connectivity index (χ1v) is 9.66. The summed E-state index contributed by atoms with van der Waals surface area (Å²) in [4.78, 5) is 46.6. The molecule has 0 unspecified atom stereocenters. The van der Waals surface area contributed by atoms with Crippen molar-refractivity contribution < 1.29 is 18.4 Å². The van der Waals surface area contributed by atoms with Crippen LogP contribution in [-0.4, -0.2) is 30.8 Å². The van der Waals surface area contributed by atoms with Gasteiger partial charge in [-0.05, 0) is 43.3 Å². The smallest absolute Gasteiger partial charge is 0.330 e. The summed E-state index contributed by atoms with van der Waals surface area (Å²) in [6, 6.07) is 10.6. The minimum atomic E-state index is -0.943. The highest BCUT2D eigenvalue weighted by molar-refractivity contribution is 6.03. The van der Waals surface area contributed by atoms with Crippen LogP contribution < -0.4 is 11.4 Å². The lowest BCUT2D eigenvalue weighted by Crippen LogP contribution is -2.27.